The van der Waals surface area contributed by atoms with Crippen LogP contribution in [0.4, 0.5) is 0 Å². The third-order valence-electron chi connectivity index (χ3n) is 6.71. The number of para-hydroxylation sites is 1. The Morgan fingerprint density at radius 1 is 1.15 bits per heavy atom. The number of carbonyl (C=O) groups excluding carboxylic acids is 1. The fourth-order valence-electron chi connectivity index (χ4n) is 5.23. The molecule has 2 atom stereocenters. The Hall–Kier alpha value is -3.20. The van der Waals surface area contributed by atoms with Gasteiger partial charge in [-0.25, -0.2) is 4.68 Å². The topological polar surface area (TPSA) is 98.3 Å². The first-order chi connectivity index (χ1) is 16.2. The maximum absolute atomic E-state index is 13.0. The van der Waals surface area contributed by atoms with Gasteiger partial charge in [-0.1, -0.05) is 18.6 Å². The van der Waals surface area contributed by atoms with Gasteiger partial charge in [-0.2, -0.15) is 0 Å². The van der Waals surface area contributed by atoms with Crippen LogP contribution >= 0.6 is 0 Å². The highest BCUT2D eigenvalue weighted by Crippen LogP contribution is 2.35. The zero-order valence-corrected chi connectivity index (χ0v) is 18.9. The number of hydrogen-bond donors (Lipinski definition) is 1. The van der Waals surface area contributed by atoms with E-state index in [0.29, 0.717) is 43.1 Å². The zero-order chi connectivity index (χ0) is 22.6. The Labute approximate surface area is 193 Å². The molecular formula is C24H30N6O3. The van der Waals surface area contributed by atoms with Crippen molar-refractivity contribution in [2.24, 2.45) is 0 Å². The average Bonchev–Trinajstić information content (AvgIpc) is 3.47. The van der Waals surface area contributed by atoms with Crippen molar-refractivity contribution in [3.63, 3.8) is 0 Å². The predicted molar refractivity (Wildman–Crippen MR) is 121 cm³/mol. The minimum absolute atomic E-state index is 0.0574. The molecule has 33 heavy (non-hydrogen) atoms. The first kappa shape index (κ1) is 21.6. The lowest BCUT2D eigenvalue weighted by Gasteiger charge is -2.48. The largest absolute Gasteiger partial charge is 0.493 e. The molecule has 2 aliphatic heterocycles. The molecule has 0 saturated carbocycles. The van der Waals surface area contributed by atoms with Gasteiger partial charge in [-0.05, 0) is 67.3 Å². The highest BCUT2D eigenvalue weighted by Gasteiger charge is 2.39. The van der Waals surface area contributed by atoms with Crippen molar-refractivity contribution >= 4 is 5.91 Å². The van der Waals surface area contributed by atoms with E-state index in [2.05, 4.69) is 25.7 Å². The maximum atomic E-state index is 13.0. The summed E-state index contributed by atoms with van der Waals surface area (Å²) in [6.07, 6.45) is 6.99. The minimum Gasteiger partial charge on any atom is -0.493 e. The third-order valence-corrected chi connectivity index (χ3v) is 6.71. The SMILES string of the molecule is CCOc1ccccc1C(=O)NC1C[C@@H]2CCC[C@@H](C1)N2Cc1nnnn1Cc1ccco1. The summed E-state index contributed by atoms with van der Waals surface area (Å²) >= 11 is 0. The lowest BCUT2D eigenvalue weighted by molar-refractivity contribution is 0.0148. The van der Waals surface area contributed by atoms with Gasteiger partial charge in [0.15, 0.2) is 5.82 Å². The van der Waals surface area contributed by atoms with Crippen LogP contribution in [-0.4, -0.2) is 55.7 Å². The van der Waals surface area contributed by atoms with Crippen LogP contribution in [0.1, 0.15) is 61.0 Å². The van der Waals surface area contributed by atoms with Gasteiger partial charge in [0.25, 0.3) is 5.91 Å². The highest BCUT2D eigenvalue weighted by atomic mass is 16.5. The van der Waals surface area contributed by atoms with Crippen molar-refractivity contribution in [1.82, 2.24) is 30.4 Å². The molecule has 0 radical (unpaired) electrons. The van der Waals surface area contributed by atoms with Crippen LogP contribution in [-0.2, 0) is 13.1 Å². The normalized spacial score (nSPS) is 22.8. The monoisotopic (exact) mass is 450 g/mol. The standard InChI is InChI=1S/C24H30N6O3/c1-2-32-22-11-4-3-10-21(22)24(31)25-17-13-18-7-5-8-19(14-17)29(18)16-23-26-27-28-30(23)15-20-9-6-12-33-20/h3-4,6,9-12,17-19H,2,5,7-8,13-16H2,1H3,(H,25,31)/t18-,19-/m0/s1. The van der Waals surface area contributed by atoms with Crippen LogP contribution in [0.25, 0.3) is 0 Å². The second-order valence-electron chi connectivity index (χ2n) is 8.81. The number of piperidine rings is 2. The van der Waals surface area contributed by atoms with E-state index >= 15 is 0 Å². The number of furan rings is 1. The smallest absolute Gasteiger partial charge is 0.255 e. The van der Waals surface area contributed by atoms with Gasteiger partial charge in [0.1, 0.15) is 18.1 Å². The number of amides is 1. The number of ether oxygens (including phenoxy) is 1. The number of aromatic nitrogens is 4. The Kier molecular flexibility index (Phi) is 6.39. The van der Waals surface area contributed by atoms with Gasteiger partial charge < -0.3 is 14.5 Å². The number of nitrogens with one attached hydrogen (secondary N) is 1. The van der Waals surface area contributed by atoms with E-state index in [9.17, 15) is 4.79 Å². The summed E-state index contributed by atoms with van der Waals surface area (Å²) in [6.45, 7) is 3.69. The second-order valence-corrected chi connectivity index (χ2v) is 8.81. The Morgan fingerprint density at radius 2 is 1.97 bits per heavy atom. The summed E-state index contributed by atoms with van der Waals surface area (Å²) in [5.74, 6) is 2.26. The van der Waals surface area contributed by atoms with Crippen LogP contribution in [0.5, 0.6) is 5.75 Å². The van der Waals surface area contributed by atoms with Crippen molar-refractivity contribution in [3.05, 3.63) is 59.8 Å². The Balaban J connectivity index is 1.25. The van der Waals surface area contributed by atoms with E-state index in [4.69, 9.17) is 9.15 Å². The Bertz CT molecular complexity index is 1050. The van der Waals surface area contributed by atoms with Crippen molar-refractivity contribution in [2.75, 3.05) is 6.61 Å². The summed E-state index contributed by atoms with van der Waals surface area (Å²) in [4.78, 5) is 15.6. The van der Waals surface area contributed by atoms with Crippen LogP contribution in [0.3, 0.4) is 0 Å². The molecule has 2 bridgehead atoms. The molecule has 174 valence electrons. The predicted octanol–water partition coefficient (Wildman–Crippen LogP) is 3.03. The molecule has 1 amide bonds. The summed E-state index contributed by atoms with van der Waals surface area (Å²) in [5.41, 5.74) is 0.601. The molecule has 2 fully saturated rings. The van der Waals surface area contributed by atoms with Crippen molar-refractivity contribution in [1.29, 1.82) is 0 Å². The first-order valence-electron chi connectivity index (χ1n) is 11.8. The van der Waals surface area contributed by atoms with Crippen molar-refractivity contribution in [2.45, 2.75) is 70.2 Å². The molecule has 2 aromatic heterocycles. The van der Waals surface area contributed by atoms with Gasteiger partial charge in [0.2, 0.25) is 0 Å². The van der Waals surface area contributed by atoms with E-state index in [1.165, 1.54) is 6.42 Å². The van der Waals surface area contributed by atoms with E-state index in [0.717, 1.165) is 37.3 Å². The minimum atomic E-state index is -0.0574. The Morgan fingerprint density at radius 3 is 2.73 bits per heavy atom. The molecule has 2 aliphatic rings. The van der Waals surface area contributed by atoms with Gasteiger partial charge in [-0.15, -0.1) is 5.10 Å². The number of benzene rings is 1. The lowest BCUT2D eigenvalue weighted by atomic mass is 9.81. The molecular weight excluding hydrogens is 420 g/mol. The van der Waals surface area contributed by atoms with Gasteiger partial charge in [0, 0.05) is 18.1 Å². The molecule has 2 saturated heterocycles. The molecule has 0 unspecified atom stereocenters. The van der Waals surface area contributed by atoms with Crippen LogP contribution in [0.2, 0.25) is 0 Å². The quantitative estimate of drug-likeness (QED) is 0.563. The number of nitrogens with zero attached hydrogens (tertiary/aromatic N) is 5. The van der Waals surface area contributed by atoms with Crippen LogP contribution in [0.15, 0.2) is 47.1 Å². The molecule has 1 aromatic carbocycles. The van der Waals surface area contributed by atoms with Gasteiger partial charge in [-0.3, -0.25) is 9.69 Å². The number of tetrazole rings is 1. The number of carbonyl (C=O) groups is 1. The number of hydrogen-bond acceptors (Lipinski definition) is 7. The maximum Gasteiger partial charge on any atom is 0.255 e. The number of rotatable bonds is 8. The van der Waals surface area contributed by atoms with Gasteiger partial charge >= 0.3 is 0 Å². The highest BCUT2D eigenvalue weighted by molar-refractivity contribution is 5.97. The molecule has 4 heterocycles. The van der Waals surface area contributed by atoms with E-state index in [1.807, 2.05) is 48.0 Å². The van der Waals surface area contributed by atoms with Crippen LogP contribution in [0, 0.1) is 0 Å². The zero-order valence-electron chi connectivity index (χ0n) is 18.9. The fourth-order valence-corrected chi connectivity index (χ4v) is 5.23. The third kappa shape index (κ3) is 4.78. The van der Waals surface area contributed by atoms with E-state index < -0.39 is 0 Å². The van der Waals surface area contributed by atoms with E-state index in [-0.39, 0.29) is 11.9 Å². The molecule has 0 aliphatic carbocycles. The number of fused-ring (bicyclic) bond motifs is 2. The molecule has 9 nitrogen and oxygen atoms in total. The first-order valence-corrected chi connectivity index (χ1v) is 11.8. The summed E-state index contributed by atoms with van der Waals surface area (Å²) in [6, 6.07) is 12.2. The average molecular weight is 451 g/mol. The molecule has 0 spiro atoms. The summed E-state index contributed by atoms with van der Waals surface area (Å²) < 4.78 is 12.9. The van der Waals surface area contributed by atoms with Crippen LogP contribution < -0.4 is 10.1 Å². The summed E-state index contributed by atoms with van der Waals surface area (Å²) in [5, 5.41) is 15.6. The molecule has 3 aromatic rings. The van der Waals surface area contributed by atoms with Gasteiger partial charge in [0.05, 0.1) is 25.0 Å². The van der Waals surface area contributed by atoms with E-state index in [1.54, 1.807) is 6.26 Å². The second kappa shape index (κ2) is 9.74. The molecule has 1 N–H and O–H groups in total. The van der Waals surface area contributed by atoms with Crippen molar-refractivity contribution in [3.8, 4) is 5.75 Å². The molecule has 5 rings (SSSR count). The molecule has 9 heteroatoms. The summed E-state index contributed by atoms with van der Waals surface area (Å²) in [7, 11) is 0. The fraction of sp³-hybridized carbons (Fsp3) is 0.500. The van der Waals surface area contributed by atoms with Crippen molar-refractivity contribution < 1.29 is 13.9 Å². The lowest BCUT2D eigenvalue weighted by Crippen LogP contribution is -2.56.